The fourth-order valence-electron chi connectivity index (χ4n) is 4.22. The summed E-state index contributed by atoms with van der Waals surface area (Å²) in [7, 11) is 0. The van der Waals surface area contributed by atoms with Gasteiger partial charge in [-0.05, 0) is 48.1 Å². The van der Waals surface area contributed by atoms with E-state index >= 15 is 0 Å². The Bertz CT molecular complexity index is 511. The predicted octanol–water partition coefficient (Wildman–Crippen LogP) is 4.59. The first-order valence-electron chi connectivity index (χ1n) is 7.07. The van der Waals surface area contributed by atoms with Crippen molar-refractivity contribution >= 4 is 5.69 Å². The number of hydrogen-bond donors (Lipinski definition) is 1. The Morgan fingerprint density at radius 2 is 1.95 bits per heavy atom. The van der Waals surface area contributed by atoms with Crippen molar-refractivity contribution in [2.24, 2.45) is 16.7 Å². The van der Waals surface area contributed by atoms with Gasteiger partial charge in [-0.15, -0.1) is 0 Å². The van der Waals surface area contributed by atoms with Crippen LogP contribution in [0, 0.1) is 28.4 Å². The number of nitrogens with one attached hydrogen (secondary N) is 1. The van der Waals surface area contributed by atoms with Crippen molar-refractivity contribution in [3.05, 3.63) is 29.8 Å². The van der Waals surface area contributed by atoms with Crippen LogP contribution < -0.4 is 5.32 Å². The fraction of sp³-hybridized carbons (Fsp3) is 0.625. The van der Waals surface area contributed by atoms with Crippen molar-refractivity contribution in [1.29, 1.82) is 0 Å². The molecule has 0 heterocycles. The van der Waals surface area contributed by atoms with Crippen LogP contribution in [0.4, 0.5) is 14.5 Å². The minimum Gasteiger partial charge on any atom is -0.379 e. The van der Waals surface area contributed by atoms with E-state index in [0.29, 0.717) is 11.6 Å². The minimum absolute atomic E-state index is 0.163. The SMILES string of the molecule is CC1(C)C2CCC1(C)C(Nc1cccc(F)c1F)C2. The van der Waals surface area contributed by atoms with Crippen molar-refractivity contribution in [3.63, 3.8) is 0 Å². The Labute approximate surface area is 113 Å². The van der Waals surface area contributed by atoms with E-state index in [1.54, 1.807) is 12.1 Å². The summed E-state index contributed by atoms with van der Waals surface area (Å²) < 4.78 is 27.1. The molecule has 0 aromatic heterocycles. The zero-order chi connectivity index (χ0) is 13.8. The van der Waals surface area contributed by atoms with E-state index < -0.39 is 11.6 Å². The highest BCUT2D eigenvalue weighted by molar-refractivity contribution is 5.47. The largest absolute Gasteiger partial charge is 0.379 e. The maximum atomic E-state index is 13.8. The van der Waals surface area contributed by atoms with Gasteiger partial charge in [0.05, 0.1) is 5.69 Å². The lowest BCUT2D eigenvalue weighted by Crippen LogP contribution is -2.40. The van der Waals surface area contributed by atoms with Gasteiger partial charge in [0.1, 0.15) is 0 Å². The number of hydrogen-bond acceptors (Lipinski definition) is 1. The molecule has 1 aromatic carbocycles. The summed E-state index contributed by atoms with van der Waals surface area (Å²) in [6, 6.07) is 4.58. The Morgan fingerprint density at radius 3 is 2.53 bits per heavy atom. The van der Waals surface area contributed by atoms with Gasteiger partial charge in [0, 0.05) is 6.04 Å². The quantitative estimate of drug-likeness (QED) is 0.824. The summed E-state index contributed by atoms with van der Waals surface area (Å²) in [5, 5.41) is 3.26. The highest BCUT2D eigenvalue weighted by Gasteiger charge is 2.61. The second-order valence-electron chi connectivity index (χ2n) is 6.91. The summed E-state index contributed by atoms with van der Waals surface area (Å²) in [5.41, 5.74) is 0.736. The van der Waals surface area contributed by atoms with E-state index in [2.05, 4.69) is 26.1 Å². The van der Waals surface area contributed by atoms with E-state index in [-0.39, 0.29) is 16.9 Å². The second-order valence-corrected chi connectivity index (χ2v) is 6.91. The van der Waals surface area contributed by atoms with Gasteiger partial charge in [0.25, 0.3) is 0 Å². The Kier molecular flexibility index (Phi) is 2.67. The Morgan fingerprint density at radius 1 is 1.21 bits per heavy atom. The van der Waals surface area contributed by atoms with E-state index in [1.165, 1.54) is 12.8 Å². The number of halogens is 2. The average molecular weight is 265 g/mol. The number of rotatable bonds is 2. The van der Waals surface area contributed by atoms with Crippen molar-refractivity contribution in [1.82, 2.24) is 0 Å². The van der Waals surface area contributed by atoms with Crippen LogP contribution in [0.5, 0.6) is 0 Å². The molecule has 0 aliphatic heterocycles. The first-order chi connectivity index (χ1) is 8.86. The highest BCUT2D eigenvalue weighted by atomic mass is 19.2. The molecule has 0 saturated heterocycles. The third-order valence-electron chi connectivity index (χ3n) is 6.08. The average Bonchev–Trinajstić information content (AvgIpc) is 2.68. The molecule has 2 aliphatic carbocycles. The third kappa shape index (κ3) is 1.63. The molecular formula is C16H21F2N. The van der Waals surface area contributed by atoms with E-state index in [1.807, 2.05) is 0 Å². The molecule has 2 aliphatic rings. The molecule has 3 unspecified atom stereocenters. The van der Waals surface area contributed by atoms with Crippen LogP contribution in [-0.4, -0.2) is 6.04 Å². The van der Waals surface area contributed by atoms with Crippen LogP contribution in [0.15, 0.2) is 18.2 Å². The lowest BCUT2D eigenvalue weighted by Gasteiger charge is -2.40. The smallest absolute Gasteiger partial charge is 0.181 e. The molecule has 2 fully saturated rings. The predicted molar refractivity (Wildman–Crippen MR) is 73.0 cm³/mol. The molecule has 1 aromatic rings. The van der Waals surface area contributed by atoms with Crippen LogP contribution in [0.3, 0.4) is 0 Å². The summed E-state index contributed by atoms with van der Waals surface area (Å²) in [5.74, 6) is -0.851. The number of fused-ring (bicyclic) bond motifs is 2. The first kappa shape index (κ1) is 12.9. The molecule has 3 heteroatoms. The standard InChI is InChI=1S/C16H21F2N/c1-15(2)10-7-8-16(15,3)13(9-10)19-12-6-4-5-11(17)14(12)18/h4-6,10,13,19H,7-9H2,1-3H3. The van der Waals surface area contributed by atoms with Gasteiger partial charge in [-0.25, -0.2) is 8.78 Å². The lowest BCUT2D eigenvalue weighted by molar-refractivity contribution is 0.142. The molecule has 0 radical (unpaired) electrons. The summed E-state index contributed by atoms with van der Waals surface area (Å²) in [6.45, 7) is 6.91. The van der Waals surface area contributed by atoms with Crippen molar-refractivity contribution in [2.45, 2.75) is 46.1 Å². The van der Waals surface area contributed by atoms with Crippen LogP contribution in [-0.2, 0) is 0 Å². The Hall–Kier alpha value is -1.12. The molecule has 19 heavy (non-hydrogen) atoms. The molecule has 0 spiro atoms. The summed E-state index contributed by atoms with van der Waals surface area (Å²) >= 11 is 0. The molecule has 3 atom stereocenters. The lowest BCUT2D eigenvalue weighted by atomic mass is 9.69. The van der Waals surface area contributed by atoms with Crippen molar-refractivity contribution in [3.8, 4) is 0 Å². The molecule has 104 valence electrons. The van der Waals surface area contributed by atoms with Crippen LogP contribution in [0.25, 0.3) is 0 Å². The molecule has 0 amide bonds. The summed E-state index contributed by atoms with van der Waals surface area (Å²) in [6.07, 6.45) is 3.48. The zero-order valence-corrected chi connectivity index (χ0v) is 11.8. The van der Waals surface area contributed by atoms with E-state index in [4.69, 9.17) is 0 Å². The molecule has 2 saturated carbocycles. The summed E-state index contributed by atoms with van der Waals surface area (Å²) in [4.78, 5) is 0. The van der Waals surface area contributed by atoms with Crippen LogP contribution >= 0.6 is 0 Å². The number of benzene rings is 1. The van der Waals surface area contributed by atoms with E-state index in [9.17, 15) is 8.78 Å². The fourth-order valence-corrected chi connectivity index (χ4v) is 4.22. The molecule has 1 N–H and O–H groups in total. The van der Waals surface area contributed by atoms with Gasteiger partial charge in [0.2, 0.25) is 0 Å². The molecule has 3 rings (SSSR count). The maximum absolute atomic E-state index is 13.8. The Balaban J connectivity index is 1.88. The van der Waals surface area contributed by atoms with Crippen molar-refractivity contribution in [2.75, 3.05) is 5.32 Å². The van der Waals surface area contributed by atoms with E-state index in [0.717, 1.165) is 12.5 Å². The van der Waals surface area contributed by atoms with Crippen molar-refractivity contribution < 1.29 is 8.78 Å². The molecular weight excluding hydrogens is 244 g/mol. The highest BCUT2D eigenvalue weighted by Crippen LogP contribution is 2.65. The maximum Gasteiger partial charge on any atom is 0.181 e. The van der Waals surface area contributed by atoms with Gasteiger partial charge in [-0.2, -0.15) is 0 Å². The van der Waals surface area contributed by atoms with Gasteiger partial charge in [-0.1, -0.05) is 26.8 Å². The normalized spacial score (nSPS) is 35.6. The van der Waals surface area contributed by atoms with Crippen LogP contribution in [0.2, 0.25) is 0 Å². The molecule has 1 nitrogen and oxygen atoms in total. The van der Waals surface area contributed by atoms with Gasteiger partial charge >= 0.3 is 0 Å². The van der Waals surface area contributed by atoms with Gasteiger partial charge in [0.15, 0.2) is 11.6 Å². The number of anilines is 1. The minimum atomic E-state index is -0.780. The van der Waals surface area contributed by atoms with Gasteiger partial charge < -0.3 is 5.32 Å². The van der Waals surface area contributed by atoms with Crippen LogP contribution in [0.1, 0.15) is 40.0 Å². The first-order valence-corrected chi connectivity index (χ1v) is 7.07. The topological polar surface area (TPSA) is 12.0 Å². The second kappa shape index (κ2) is 3.94. The zero-order valence-electron chi connectivity index (χ0n) is 11.8. The van der Waals surface area contributed by atoms with Gasteiger partial charge in [-0.3, -0.25) is 0 Å². The third-order valence-corrected chi connectivity index (χ3v) is 6.08. The monoisotopic (exact) mass is 265 g/mol. The molecule has 2 bridgehead atoms.